The highest BCUT2D eigenvalue weighted by molar-refractivity contribution is 5.52. The third-order valence-corrected chi connectivity index (χ3v) is 2.79. The van der Waals surface area contributed by atoms with E-state index in [1.54, 1.807) is 0 Å². The number of aliphatic hydroxyl groups excluding tert-OH is 1. The van der Waals surface area contributed by atoms with E-state index < -0.39 is 0 Å². The molecule has 0 saturated heterocycles. The molecule has 0 bridgehead atoms. The fourth-order valence-corrected chi connectivity index (χ4v) is 1.86. The number of nitrogens with zero attached hydrogens (tertiary/aromatic N) is 1. The van der Waals surface area contributed by atoms with E-state index in [-0.39, 0.29) is 12.6 Å². The summed E-state index contributed by atoms with van der Waals surface area (Å²) in [6, 6.07) is 8.34. The number of hydrogen-bond donors (Lipinski definition) is 2. The number of aliphatic hydroxyl groups is 1. The van der Waals surface area contributed by atoms with Crippen molar-refractivity contribution in [2.24, 2.45) is 5.73 Å². The first kappa shape index (κ1) is 13.0. The Balaban J connectivity index is 2.71. The van der Waals surface area contributed by atoms with Crippen LogP contribution >= 0.6 is 0 Å². The second kappa shape index (κ2) is 6.51. The Kier molecular flexibility index (Phi) is 5.29. The number of likely N-dealkylation sites (N-methyl/N-ethyl adjacent to an activating group) is 1. The Bertz CT molecular complexity index is 315. The maximum absolute atomic E-state index is 8.85. The predicted molar refractivity (Wildman–Crippen MR) is 68.7 cm³/mol. The highest BCUT2D eigenvalue weighted by Gasteiger charge is 2.10. The molecule has 0 amide bonds. The summed E-state index contributed by atoms with van der Waals surface area (Å²) >= 11 is 0. The van der Waals surface area contributed by atoms with Gasteiger partial charge in [-0.3, -0.25) is 0 Å². The summed E-state index contributed by atoms with van der Waals surface area (Å²) in [4.78, 5) is 2.26. The zero-order valence-corrected chi connectivity index (χ0v) is 10.2. The van der Waals surface area contributed by atoms with Gasteiger partial charge in [-0.05, 0) is 31.9 Å². The van der Waals surface area contributed by atoms with Crippen LogP contribution in [0.2, 0.25) is 0 Å². The minimum absolute atomic E-state index is 0.0320. The minimum atomic E-state index is 0.0320. The maximum atomic E-state index is 8.85. The normalized spacial score (nSPS) is 12.5. The van der Waals surface area contributed by atoms with Crippen LogP contribution in [0.5, 0.6) is 0 Å². The quantitative estimate of drug-likeness (QED) is 0.767. The first-order valence-corrected chi connectivity index (χ1v) is 5.86. The third kappa shape index (κ3) is 3.51. The molecule has 3 nitrogen and oxygen atoms in total. The van der Waals surface area contributed by atoms with Gasteiger partial charge in [0, 0.05) is 31.4 Å². The molecular formula is C13H22N2O. The van der Waals surface area contributed by atoms with Crippen LogP contribution in [0.15, 0.2) is 24.3 Å². The lowest BCUT2D eigenvalue weighted by atomic mass is 10.1. The summed E-state index contributed by atoms with van der Waals surface area (Å²) in [7, 11) is 0. The number of rotatable bonds is 6. The van der Waals surface area contributed by atoms with Gasteiger partial charge in [0.1, 0.15) is 0 Å². The molecule has 0 aliphatic rings. The molecule has 1 aromatic carbocycles. The van der Waals surface area contributed by atoms with Crippen LogP contribution in [-0.2, 0) is 0 Å². The number of benzene rings is 1. The fraction of sp³-hybridized carbons (Fsp3) is 0.538. The number of nitrogens with two attached hydrogens (primary N) is 1. The van der Waals surface area contributed by atoms with E-state index >= 15 is 0 Å². The maximum Gasteiger partial charge on any atom is 0.0446 e. The van der Waals surface area contributed by atoms with Gasteiger partial charge in [0.2, 0.25) is 0 Å². The summed E-state index contributed by atoms with van der Waals surface area (Å²) < 4.78 is 0. The smallest absolute Gasteiger partial charge is 0.0446 e. The van der Waals surface area contributed by atoms with Crippen LogP contribution in [0.3, 0.4) is 0 Å². The Labute approximate surface area is 97.9 Å². The molecule has 0 fully saturated rings. The molecule has 0 aromatic heterocycles. The lowest BCUT2D eigenvalue weighted by Crippen LogP contribution is -2.38. The molecule has 16 heavy (non-hydrogen) atoms. The van der Waals surface area contributed by atoms with Crippen molar-refractivity contribution in [3.63, 3.8) is 0 Å². The third-order valence-electron chi connectivity index (χ3n) is 2.79. The molecule has 0 saturated carbocycles. The van der Waals surface area contributed by atoms with Crippen LogP contribution in [0.1, 0.15) is 18.9 Å². The van der Waals surface area contributed by atoms with E-state index in [1.165, 1.54) is 11.3 Å². The van der Waals surface area contributed by atoms with Gasteiger partial charge >= 0.3 is 0 Å². The molecule has 1 rings (SSSR count). The van der Waals surface area contributed by atoms with Gasteiger partial charge in [0.25, 0.3) is 0 Å². The van der Waals surface area contributed by atoms with E-state index in [0.29, 0.717) is 6.42 Å². The lowest BCUT2D eigenvalue weighted by Gasteiger charge is -2.27. The summed E-state index contributed by atoms with van der Waals surface area (Å²) in [5, 5.41) is 8.85. The largest absolute Gasteiger partial charge is 0.396 e. The van der Waals surface area contributed by atoms with Gasteiger partial charge in [-0.15, -0.1) is 0 Å². The number of aryl methyl sites for hydroxylation is 1. The van der Waals surface area contributed by atoms with E-state index in [2.05, 4.69) is 30.9 Å². The molecular weight excluding hydrogens is 200 g/mol. The van der Waals surface area contributed by atoms with E-state index in [0.717, 1.165) is 13.1 Å². The van der Waals surface area contributed by atoms with Crippen molar-refractivity contribution in [3.8, 4) is 0 Å². The molecule has 3 N–H and O–H groups in total. The topological polar surface area (TPSA) is 49.5 Å². The first-order valence-electron chi connectivity index (χ1n) is 5.86. The molecule has 0 radical (unpaired) electrons. The molecule has 3 heteroatoms. The van der Waals surface area contributed by atoms with Crippen molar-refractivity contribution in [2.45, 2.75) is 26.3 Å². The van der Waals surface area contributed by atoms with Crippen LogP contribution in [0.4, 0.5) is 5.69 Å². The van der Waals surface area contributed by atoms with Crippen LogP contribution in [0.25, 0.3) is 0 Å². The second-order valence-electron chi connectivity index (χ2n) is 4.10. The Morgan fingerprint density at radius 2 is 2.06 bits per heavy atom. The zero-order chi connectivity index (χ0) is 12.0. The Hall–Kier alpha value is -1.06. The summed E-state index contributed by atoms with van der Waals surface area (Å²) in [5.41, 5.74) is 8.45. The van der Waals surface area contributed by atoms with Crippen molar-refractivity contribution in [3.05, 3.63) is 29.8 Å². The fourth-order valence-electron chi connectivity index (χ4n) is 1.86. The Morgan fingerprint density at radius 3 is 2.62 bits per heavy atom. The van der Waals surface area contributed by atoms with Crippen molar-refractivity contribution < 1.29 is 5.11 Å². The van der Waals surface area contributed by atoms with Gasteiger partial charge in [-0.25, -0.2) is 0 Å². The van der Waals surface area contributed by atoms with Gasteiger partial charge in [0.05, 0.1) is 0 Å². The molecule has 1 atom stereocenters. The van der Waals surface area contributed by atoms with E-state index in [9.17, 15) is 0 Å². The molecule has 0 heterocycles. The molecule has 0 aliphatic heterocycles. The summed E-state index contributed by atoms with van der Waals surface area (Å²) in [6.07, 6.45) is 0.655. The predicted octanol–water partition coefficient (Wildman–Crippen LogP) is 1.53. The molecule has 1 unspecified atom stereocenters. The second-order valence-corrected chi connectivity index (χ2v) is 4.10. The zero-order valence-electron chi connectivity index (χ0n) is 10.2. The highest BCUT2D eigenvalue weighted by Crippen LogP contribution is 2.19. The van der Waals surface area contributed by atoms with E-state index in [4.69, 9.17) is 10.8 Å². The van der Waals surface area contributed by atoms with Crippen LogP contribution in [0, 0.1) is 6.92 Å². The van der Waals surface area contributed by atoms with Gasteiger partial charge < -0.3 is 15.7 Å². The lowest BCUT2D eigenvalue weighted by molar-refractivity contribution is 0.276. The number of anilines is 1. The van der Waals surface area contributed by atoms with Crippen molar-refractivity contribution in [1.29, 1.82) is 0 Å². The standard InChI is InChI=1S/C13H22N2O/c1-3-15(10-12(14)8-9-16)13-7-5-4-6-11(13)2/h4-7,12,16H,3,8-10,14H2,1-2H3. The molecule has 0 aliphatic carbocycles. The first-order chi connectivity index (χ1) is 7.69. The van der Waals surface area contributed by atoms with Crippen LogP contribution in [-0.4, -0.2) is 30.8 Å². The highest BCUT2D eigenvalue weighted by atomic mass is 16.3. The van der Waals surface area contributed by atoms with Crippen molar-refractivity contribution in [1.82, 2.24) is 0 Å². The molecule has 90 valence electrons. The average molecular weight is 222 g/mol. The number of para-hydroxylation sites is 1. The number of hydrogen-bond acceptors (Lipinski definition) is 3. The van der Waals surface area contributed by atoms with Gasteiger partial charge in [-0.2, -0.15) is 0 Å². The molecule has 1 aromatic rings. The SMILES string of the molecule is CCN(CC(N)CCO)c1ccccc1C. The monoisotopic (exact) mass is 222 g/mol. The van der Waals surface area contributed by atoms with Crippen molar-refractivity contribution >= 4 is 5.69 Å². The van der Waals surface area contributed by atoms with E-state index in [1.807, 2.05) is 12.1 Å². The van der Waals surface area contributed by atoms with Gasteiger partial charge in [0.15, 0.2) is 0 Å². The van der Waals surface area contributed by atoms with Crippen molar-refractivity contribution in [2.75, 3.05) is 24.6 Å². The minimum Gasteiger partial charge on any atom is -0.396 e. The summed E-state index contributed by atoms with van der Waals surface area (Å²) in [6.45, 7) is 6.12. The average Bonchev–Trinajstić information content (AvgIpc) is 2.27. The van der Waals surface area contributed by atoms with Gasteiger partial charge in [-0.1, -0.05) is 18.2 Å². The molecule has 0 spiro atoms. The Morgan fingerprint density at radius 1 is 1.38 bits per heavy atom. The van der Waals surface area contributed by atoms with Crippen LogP contribution < -0.4 is 10.6 Å². The summed E-state index contributed by atoms with van der Waals surface area (Å²) in [5.74, 6) is 0.